The van der Waals surface area contributed by atoms with E-state index >= 15 is 0 Å². The first-order chi connectivity index (χ1) is 13.9. The number of para-hydroxylation sites is 2. The summed E-state index contributed by atoms with van der Waals surface area (Å²) in [6.45, 7) is 15.0. The number of carbonyl (C=O) groups is 1. The van der Waals surface area contributed by atoms with Crippen molar-refractivity contribution in [1.29, 1.82) is 0 Å². The Labute approximate surface area is 175 Å². The highest BCUT2D eigenvalue weighted by atomic mass is 16.5. The average molecular weight is 404 g/mol. The number of amides is 1. The van der Waals surface area contributed by atoms with Gasteiger partial charge in [-0.25, -0.2) is 0 Å². The molecular weight excluding hydrogens is 366 g/mol. The molecule has 1 aliphatic rings. The van der Waals surface area contributed by atoms with Crippen LogP contribution >= 0.6 is 0 Å². The van der Waals surface area contributed by atoms with Crippen LogP contribution in [0.4, 0.5) is 5.69 Å². The van der Waals surface area contributed by atoms with Crippen LogP contribution < -0.4 is 20.3 Å². The molecule has 7 nitrogen and oxygen atoms in total. The molecule has 2 N–H and O–H groups in total. The minimum absolute atomic E-state index is 0.000161. The van der Waals surface area contributed by atoms with Gasteiger partial charge >= 0.3 is 0 Å². The summed E-state index contributed by atoms with van der Waals surface area (Å²) in [5.41, 5.74) is 0.847. The van der Waals surface area contributed by atoms with Crippen LogP contribution in [-0.2, 0) is 4.79 Å². The summed E-state index contributed by atoms with van der Waals surface area (Å²) in [4.78, 5) is 21.2. The van der Waals surface area contributed by atoms with Crippen molar-refractivity contribution in [2.45, 2.75) is 53.1 Å². The molecular formula is C22H37N5O2. The molecule has 2 rings (SSSR count). The molecule has 1 aromatic rings. The zero-order valence-electron chi connectivity index (χ0n) is 18.6. The second-order valence-electron chi connectivity index (χ2n) is 7.77. The van der Waals surface area contributed by atoms with E-state index in [1.165, 1.54) is 0 Å². The second-order valence-corrected chi connectivity index (χ2v) is 7.77. The largest absolute Gasteiger partial charge is 0.482 e. The third kappa shape index (κ3) is 6.92. The topological polar surface area (TPSA) is 69.2 Å². The first-order valence-electron chi connectivity index (χ1n) is 10.7. The molecule has 0 atom stereocenters. The van der Waals surface area contributed by atoms with E-state index in [1.54, 1.807) is 4.90 Å². The number of fused-ring (bicyclic) bond motifs is 1. The maximum Gasteiger partial charge on any atom is 0.265 e. The van der Waals surface area contributed by atoms with Gasteiger partial charge < -0.3 is 20.3 Å². The summed E-state index contributed by atoms with van der Waals surface area (Å²) in [6.07, 6.45) is 0.792. The van der Waals surface area contributed by atoms with E-state index in [0.717, 1.165) is 43.5 Å². The SMILES string of the molecule is CCNC(=NCCCN1C(=O)COc2ccccc21)NCCN(C(C)C)C(C)C. The Kier molecular flexibility index (Phi) is 9.25. The molecule has 0 saturated heterocycles. The van der Waals surface area contributed by atoms with Gasteiger partial charge in [-0.1, -0.05) is 12.1 Å². The van der Waals surface area contributed by atoms with Gasteiger partial charge in [0.25, 0.3) is 5.91 Å². The number of benzene rings is 1. The van der Waals surface area contributed by atoms with E-state index in [0.29, 0.717) is 25.2 Å². The van der Waals surface area contributed by atoms with Crippen LogP contribution in [-0.4, -0.2) is 68.2 Å². The minimum atomic E-state index is 0.000161. The molecule has 162 valence electrons. The molecule has 1 amide bonds. The number of carbonyl (C=O) groups excluding carboxylic acids is 1. The minimum Gasteiger partial charge on any atom is -0.482 e. The van der Waals surface area contributed by atoms with Gasteiger partial charge in [0.15, 0.2) is 12.6 Å². The van der Waals surface area contributed by atoms with E-state index in [9.17, 15) is 4.79 Å². The zero-order valence-corrected chi connectivity index (χ0v) is 18.6. The Morgan fingerprint density at radius 1 is 1.21 bits per heavy atom. The van der Waals surface area contributed by atoms with Crippen LogP contribution in [0.5, 0.6) is 5.75 Å². The summed E-state index contributed by atoms with van der Waals surface area (Å²) in [6, 6.07) is 8.71. The van der Waals surface area contributed by atoms with Crippen LogP contribution in [0.1, 0.15) is 41.0 Å². The van der Waals surface area contributed by atoms with Crippen LogP contribution in [0.2, 0.25) is 0 Å². The first kappa shape index (κ1) is 23.0. The number of anilines is 1. The third-order valence-corrected chi connectivity index (χ3v) is 4.95. The summed E-state index contributed by atoms with van der Waals surface area (Å²) in [7, 11) is 0. The highest BCUT2D eigenvalue weighted by Gasteiger charge is 2.24. The average Bonchev–Trinajstić information content (AvgIpc) is 2.69. The van der Waals surface area contributed by atoms with Gasteiger partial charge in [-0.2, -0.15) is 0 Å². The maximum absolute atomic E-state index is 12.2. The molecule has 7 heteroatoms. The number of nitrogens with one attached hydrogen (secondary N) is 2. The fourth-order valence-corrected chi connectivity index (χ4v) is 3.58. The lowest BCUT2D eigenvalue weighted by atomic mass is 10.2. The van der Waals surface area contributed by atoms with Crippen molar-refractivity contribution in [2.24, 2.45) is 4.99 Å². The molecule has 0 saturated carbocycles. The fraction of sp³-hybridized carbons (Fsp3) is 0.636. The Morgan fingerprint density at radius 3 is 2.62 bits per heavy atom. The van der Waals surface area contributed by atoms with Gasteiger partial charge in [-0.3, -0.25) is 14.7 Å². The normalized spacial score (nSPS) is 14.4. The van der Waals surface area contributed by atoms with Crippen molar-refractivity contribution < 1.29 is 9.53 Å². The predicted octanol–water partition coefficient (Wildman–Crippen LogP) is 2.48. The van der Waals surface area contributed by atoms with E-state index in [4.69, 9.17) is 4.74 Å². The van der Waals surface area contributed by atoms with Crippen molar-refractivity contribution in [1.82, 2.24) is 15.5 Å². The molecule has 0 unspecified atom stereocenters. The lowest BCUT2D eigenvalue weighted by Crippen LogP contribution is -2.45. The number of guanidine groups is 1. The van der Waals surface area contributed by atoms with E-state index in [1.807, 2.05) is 24.3 Å². The molecule has 1 heterocycles. The highest BCUT2D eigenvalue weighted by Crippen LogP contribution is 2.31. The number of aliphatic imine (C=N–C) groups is 1. The fourth-order valence-electron chi connectivity index (χ4n) is 3.58. The number of nitrogens with zero attached hydrogens (tertiary/aromatic N) is 3. The Balaban J connectivity index is 1.84. The predicted molar refractivity (Wildman–Crippen MR) is 120 cm³/mol. The molecule has 0 aromatic heterocycles. The van der Waals surface area contributed by atoms with Crippen molar-refractivity contribution in [3.8, 4) is 5.75 Å². The summed E-state index contributed by atoms with van der Waals surface area (Å²) in [5, 5.41) is 6.72. The summed E-state index contributed by atoms with van der Waals surface area (Å²) < 4.78 is 5.50. The van der Waals surface area contributed by atoms with Crippen LogP contribution in [0.15, 0.2) is 29.3 Å². The smallest absolute Gasteiger partial charge is 0.265 e. The van der Waals surface area contributed by atoms with Crippen molar-refractivity contribution in [2.75, 3.05) is 44.2 Å². The van der Waals surface area contributed by atoms with Crippen molar-refractivity contribution in [3.05, 3.63) is 24.3 Å². The molecule has 0 spiro atoms. The van der Waals surface area contributed by atoms with Gasteiger partial charge in [-0.05, 0) is 53.2 Å². The Hall–Kier alpha value is -2.28. The van der Waals surface area contributed by atoms with E-state index in [-0.39, 0.29) is 12.5 Å². The first-order valence-corrected chi connectivity index (χ1v) is 10.7. The maximum atomic E-state index is 12.2. The van der Waals surface area contributed by atoms with Crippen molar-refractivity contribution in [3.63, 3.8) is 0 Å². The highest BCUT2D eigenvalue weighted by molar-refractivity contribution is 5.97. The van der Waals surface area contributed by atoms with Crippen LogP contribution in [0.3, 0.4) is 0 Å². The van der Waals surface area contributed by atoms with Crippen molar-refractivity contribution >= 4 is 17.6 Å². The van der Waals surface area contributed by atoms with Gasteiger partial charge in [-0.15, -0.1) is 0 Å². The summed E-state index contributed by atoms with van der Waals surface area (Å²) in [5.74, 6) is 1.60. The Morgan fingerprint density at radius 2 is 1.93 bits per heavy atom. The Bertz CT molecular complexity index is 667. The molecule has 0 aliphatic carbocycles. The number of ether oxygens (including phenoxy) is 1. The van der Waals surface area contributed by atoms with Gasteiger partial charge in [0.1, 0.15) is 5.75 Å². The zero-order chi connectivity index (χ0) is 21.2. The van der Waals surface area contributed by atoms with E-state index in [2.05, 4.69) is 55.1 Å². The molecule has 29 heavy (non-hydrogen) atoms. The molecule has 1 aromatic carbocycles. The summed E-state index contributed by atoms with van der Waals surface area (Å²) >= 11 is 0. The van der Waals surface area contributed by atoms with Crippen LogP contribution in [0, 0.1) is 0 Å². The number of rotatable bonds is 10. The quantitative estimate of drug-likeness (QED) is 0.357. The molecule has 1 aliphatic heterocycles. The van der Waals surface area contributed by atoms with Crippen LogP contribution in [0.25, 0.3) is 0 Å². The number of hydrogen-bond donors (Lipinski definition) is 2. The molecule has 0 radical (unpaired) electrons. The lowest BCUT2D eigenvalue weighted by Gasteiger charge is -2.30. The second kappa shape index (κ2) is 11.7. The molecule has 0 fully saturated rings. The molecule has 0 bridgehead atoms. The number of hydrogen-bond acceptors (Lipinski definition) is 4. The lowest BCUT2D eigenvalue weighted by molar-refractivity contribution is -0.121. The van der Waals surface area contributed by atoms with Gasteiger partial charge in [0.2, 0.25) is 0 Å². The third-order valence-electron chi connectivity index (χ3n) is 4.95. The van der Waals surface area contributed by atoms with E-state index < -0.39 is 0 Å². The standard InChI is InChI=1S/C22H37N5O2/c1-6-23-22(25-13-15-26(17(2)3)18(4)5)24-12-9-14-27-19-10-7-8-11-20(19)29-16-21(27)28/h7-8,10-11,17-18H,6,9,12-16H2,1-5H3,(H2,23,24,25). The van der Waals surface area contributed by atoms with Gasteiger partial charge in [0, 0.05) is 44.8 Å². The monoisotopic (exact) mass is 403 g/mol. The van der Waals surface area contributed by atoms with Gasteiger partial charge in [0.05, 0.1) is 5.69 Å².